The first-order valence-electron chi connectivity index (χ1n) is 6.09. The first kappa shape index (κ1) is 16.0. The molecule has 108 valence electrons. The summed E-state index contributed by atoms with van der Waals surface area (Å²) in [5.41, 5.74) is 4.84. The van der Waals surface area contributed by atoms with E-state index in [1.807, 2.05) is 22.9 Å². The highest BCUT2D eigenvalue weighted by Gasteiger charge is 2.22. The number of hydrogen-bond acceptors (Lipinski definition) is 3. The molecule has 2 rings (SSSR count). The normalized spacial score (nSPS) is 12.9. The van der Waals surface area contributed by atoms with Gasteiger partial charge in [-0.25, -0.2) is 5.43 Å². The van der Waals surface area contributed by atoms with Crippen LogP contribution in [0.3, 0.4) is 0 Å². The van der Waals surface area contributed by atoms with E-state index in [9.17, 15) is 0 Å². The van der Waals surface area contributed by atoms with Gasteiger partial charge < -0.3 is 0 Å². The smallest absolute Gasteiger partial charge is 0.0890 e. The Balaban J connectivity index is 2.52. The molecule has 7 heteroatoms. The maximum absolute atomic E-state index is 6.04. The van der Waals surface area contributed by atoms with Crippen LogP contribution in [-0.2, 0) is 0 Å². The summed E-state index contributed by atoms with van der Waals surface area (Å²) >= 11 is 13.0. The second kappa shape index (κ2) is 6.58. The third-order valence-electron chi connectivity index (χ3n) is 2.99. The fourth-order valence-electron chi connectivity index (χ4n) is 2.06. The van der Waals surface area contributed by atoms with Gasteiger partial charge in [0.05, 0.1) is 27.4 Å². The van der Waals surface area contributed by atoms with Crippen molar-refractivity contribution in [2.24, 2.45) is 5.84 Å². The molecular formula is C13H15Br2ClN4. The van der Waals surface area contributed by atoms with Gasteiger partial charge in [-0.3, -0.25) is 10.5 Å². The molecule has 0 saturated heterocycles. The summed E-state index contributed by atoms with van der Waals surface area (Å²) in [4.78, 5) is 0. The van der Waals surface area contributed by atoms with Gasteiger partial charge in [0.2, 0.25) is 0 Å². The summed E-state index contributed by atoms with van der Waals surface area (Å²) in [6.45, 7) is 4.16. The van der Waals surface area contributed by atoms with Crippen molar-refractivity contribution in [3.63, 3.8) is 0 Å². The van der Waals surface area contributed by atoms with Crippen LogP contribution in [0.5, 0.6) is 0 Å². The van der Waals surface area contributed by atoms with Crippen LogP contribution in [0.4, 0.5) is 0 Å². The molecule has 0 aliphatic rings. The number of nitrogens with zero attached hydrogens (tertiary/aromatic N) is 2. The highest BCUT2D eigenvalue weighted by Crippen LogP contribution is 2.33. The summed E-state index contributed by atoms with van der Waals surface area (Å²) in [6.07, 6.45) is 1.78. The zero-order valence-corrected chi connectivity index (χ0v) is 15.0. The lowest BCUT2D eigenvalue weighted by atomic mass is 10.0. The van der Waals surface area contributed by atoms with Crippen molar-refractivity contribution in [2.75, 3.05) is 0 Å². The van der Waals surface area contributed by atoms with E-state index in [1.54, 1.807) is 6.20 Å². The lowest BCUT2D eigenvalue weighted by Crippen LogP contribution is -2.31. The van der Waals surface area contributed by atoms with Crippen LogP contribution in [0.2, 0.25) is 5.02 Å². The Morgan fingerprint density at radius 1 is 1.30 bits per heavy atom. The Morgan fingerprint density at radius 3 is 2.55 bits per heavy atom. The molecular weight excluding hydrogens is 407 g/mol. The Labute approximate surface area is 139 Å². The average molecular weight is 423 g/mol. The molecule has 0 fully saturated rings. The number of benzene rings is 1. The molecule has 3 N–H and O–H groups in total. The van der Waals surface area contributed by atoms with Crippen molar-refractivity contribution in [3.05, 3.63) is 49.6 Å². The van der Waals surface area contributed by atoms with Crippen LogP contribution in [0, 0.1) is 0 Å². The van der Waals surface area contributed by atoms with E-state index in [-0.39, 0.29) is 12.1 Å². The first-order valence-corrected chi connectivity index (χ1v) is 8.06. The number of hydrazine groups is 1. The molecule has 0 saturated carbocycles. The highest BCUT2D eigenvalue weighted by atomic mass is 79.9. The number of rotatable bonds is 4. The third kappa shape index (κ3) is 3.09. The van der Waals surface area contributed by atoms with E-state index in [4.69, 9.17) is 17.4 Å². The van der Waals surface area contributed by atoms with E-state index < -0.39 is 0 Å². The SMILES string of the molecule is CC(C)n1ncc(Br)c1C(NN)c1ccc(Cl)c(Br)c1. The zero-order valence-electron chi connectivity index (χ0n) is 11.1. The summed E-state index contributed by atoms with van der Waals surface area (Å²) < 4.78 is 3.70. The molecule has 1 unspecified atom stereocenters. The van der Waals surface area contributed by atoms with E-state index >= 15 is 0 Å². The van der Waals surface area contributed by atoms with Crippen molar-refractivity contribution in [1.82, 2.24) is 15.2 Å². The van der Waals surface area contributed by atoms with Crippen molar-refractivity contribution in [2.45, 2.75) is 25.9 Å². The number of halogens is 3. The van der Waals surface area contributed by atoms with Gasteiger partial charge in [-0.15, -0.1) is 0 Å². The molecule has 1 aromatic carbocycles. The van der Waals surface area contributed by atoms with Crippen LogP contribution in [-0.4, -0.2) is 9.78 Å². The number of aromatic nitrogens is 2. The molecule has 1 heterocycles. The van der Waals surface area contributed by atoms with Crippen LogP contribution >= 0.6 is 43.5 Å². The summed E-state index contributed by atoms with van der Waals surface area (Å²) in [5, 5.41) is 5.05. The summed E-state index contributed by atoms with van der Waals surface area (Å²) in [5.74, 6) is 5.76. The van der Waals surface area contributed by atoms with Crippen LogP contribution in [0.25, 0.3) is 0 Å². The average Bonchev–Trinajstić information content (AvgIpc) is 2.77. The van der Waals surface area contributed by atoms with E-state index in [1.165, 1.54) is 0 Å². The number of hydrogen-bond donors (Lipinski definition) is 2. The van der Waals surface area contributed by atoms with Crippen molar-refractivity contribution >= 4 is 43.5 Å². The quantitative estimate of drug-likeness (QED) is 0.574. The number of nitrogens with one attached hydrogen (secondary N) is 1. The van der Waals surface area contributed by atoms with E-state index in [0.717, 1.165) is 20.2 Å². The molecule has 0 radical (unpaired) electrons. The Kier molecular flexibility index (Phi) is 5.25. The number of nitrogens with two attached hydrogens (primary N) is 1. The predicted molar refractivity (Wildman–Crippen MR) is 88.6 cm³/mol. The Bertz CT molecular complexity index is 612. The van der Waals surface area contributed by atoms with Crippen molar-refractivity contribution < 1.29 is 0 Å². The molecule has 1 aromatic heterocycles. The zero-order chi connectivity index (χ0) is 14.9. The molecule has 0 spiro atoms. The van der Waals surface area contributed by atoms with Crippen molar-refractivity contribution in [3.8, 4) is 0 Å². The minimum atomic E-state index is -0.178. The molecule has 1 atom stereocenters. The molecule has 4 nitrogen and oxygen atoms in total. The van der Waals surface area contributed by atoms with Gasteiger partial charge in [-0.1, -0.05) is 17.7 Å². The predicted octanol–water partition coefficient (Wildman–Crippen LogP) is 4.20. The fraction of sp³-hybridized carbons (Fsp3) is 0.308. The lowest BCUT2D eigenvalue weighted by Gasteiger charge is -2.21. The van der Waals surface area contributed by atoms with Gasteiger partial charge >= 0.3 is 0 Å². The van der Waals surface area contributed by atoms with Gasteiger partial charge in [-0.2, -0.15) is 5.10 Å². The minimum absolute atomic E-state index is 0.178. The monoisotopic (exact) mass is 420 g/mol. The second-order valence-electron chi connectivity index (χ2n) is 4.69. The molecule has 0 amide bonds. The van der Waals surface area contributed by atoms with Crippen LogP contribution < -0.4 is 11.3 Å². The van der Waals surface area contributed by atoms with Crippen LogP contribution in [0.15, 0.2) is 33.3 Å². The van der Waals surface area contributed by atoms with E-state index in [2.05, 4.69) is 56.2 Å². The summed E-state index contributed by atoms with van der Waals surface area (Å²) in [6, 6.07) is 5.80. The maximum Gasteiger partial charge on any atom is 0.0890 e. The molecule has 0 bridgehead atoms. The molecule has 20 heavy (non-hydrogen) atoms. The van der Waals surface area contributed by atoms with Crippen molar-refractivity contribution in [1.29, 1.82) is 0 Å². The third-order valence-corrected chi connectivity index (χ3v) is 4.82. The minimum Gasteiger partial charge on any atom is -0.271 e. The van der Waals surface area contributed by atoms with Gasteiger partial charge in [0.25, 0.3) is 0 Å². The Morgan fingerprint density at radius 2 is 2.00 bits per heavy atom. The van der Waals surface area contributed by atoms with Gasteiger partial charge in [-0.05, 0) is 63.4 Å². The fourth-order valence-corrected chi connectivity index (χ4v) is 3.07. The first-order chi connectivity index (χ1) is 9.45. The molecule has 2 aromatic rings. The topological polar surface area (TPSA) is 55.9 Å². The van der Waals surface area contributed by atoms with E-state index in [0.29, 0.717) is 5.02 Å². The largest absolute Gasteiger partial charge is 0.271 e. The van der Waals surface area contributed by atoms with Gasteiger partial charge in [0.1, 0.15) is 0 Å². The maximum atomic E-state index is 6.04. The van der Waals surface area contributed by atoms with Crippen LogP contribution in [0.1, 0.15) is 37.2 Å². The molecule has 0 aliphatic carbocycles. The Hall–Kier alpha value is -0.400. The second-order valence-corrected chi connectivity index (χ2v) is 6.81. The van der Waals surface area contributed by atoms with Gasteiger partial charge in [0.15, 0.2) is 0 Å². The molecule has 0 aliphatic heterocycles. The summed E-state index contributed by atoms with van der Waals surface area (Å²) in [7, 11) is 0. The van der Waals surface area contributed by atoms with Gasteiger partial charge in [0, 0.05) is 10.5 Å². The highest BCUT2D eigenvalue weighted by molar-refractivity contribution is 9.10. The standard InChI is InChI=1S/C13H15Br2ClN4/c1-7(2)20-13(10(15)6-18-20)12(19-17)8-3-4-11(16)9(14)5-8/h3-7,12,19H,17H2,1-2H3. The lowest BCUT2D eigenvalue weighted by molar-refractivity contribution is 0.475.